The summed E-state index contributed by atoms with van der Waals surface area (Å²) in [6.45, 7) is 0.610. The molecule has 150 valence electrons. The Morgan fingerprint density at radius 3 is 2.31 bits per heavy atom. The zero-order chi connectivity index (χ0) is 21.4. The largest absolute Gasteiger partial charge is 0.454 e. The number of amides is 3. The lowest BCUT2D eigenvalue weighted by atomic mass is 10.2. The van der Waals surface area contributed by atoms with Crippen LogP contribution in [0.5, 0.6) is 0 Å². The number of nitrogens with zero attached hydrogens (tertiary/aromatic N) is 1. The van der Waals surface area contributed by atoms with Crippen molar-refractivity contribution in [2.75, 3.05) is 6.61 Å². The molecule has 2 aromatic rings. The van der Waals surface area contributed by atoms with Gasteiger partial charge in [0, 0.05) is 23.3 Å². The van der Waals surface area contributed by atoms with Gasteiger partial charge in [0.2, 0.25) is 0 Å². The van der Waals surface area contributed by atoms with E-state index in [2.05, 4.69) is 10.6 Å². The lowest BCUT2D eigenvalue weighted by molar-refractivity contribution is -0.384. The summed E-state index contributed by atoms with van der Waals surface area (Å²) >= 11 is 0. The van der Waals surface area contributed by atoms with E-state index < -0.39 is 41.3 Å². The molecule has 10 heteroatoms. The van der Waals surface area contributed by atoms with E-state index in [0.717, 1.165) is 6.07 Å². The molecule has 3 amide bonds. The first-order valence-corrected chi connectivity index (χ1v) is 8.39. The smallest absolute Gasteiger partial charge is 0.328 e. The summed E-state index contributed by atoms with van der Waals surface area (Å²) in [5, 5.41) is 15.1. The average Bonchev–Trinajstić information content (AvgIpc) is 2.72. The number of hydrogen-bond acceptors (Lipinski definition) is 7. The molecule has 0 saturated heterocycles. The van der Waals surface area contributed by atoms with Crippen LogP contribution < -0.4 is 10.6 Å². The minimum Gasteiger partial charge on any atom is -0.454 e. The van der Waals surface area contributed by atoms with Crippen molar-refractivity contribution in [1.29, 1.82) is 0 Å². The molecule has 0 spiro atoms. The summed E-state index contributed by atoms with van der Waals surface area (Å²) in [7, 11) is 0. The molecule has 2 aromatic carbocycles. The molecule has 0 aliphatic rings. The van der Waals surface area contributed by atoms with Crippen LogP contribution in [0.3, 0.4) is 0 Å². The van der Waals surface area contributed by atoms with Crippen molar-refractivity contribution in [1.82, 2.24) is 10.6 Å². The first-order chi connectivity index (χ1) is 13.8. The molecule has 0 saturated carbocycles. The topological polar surface area (TPSA) is 145 Å². The molecule has 10 nitrogen and oxygen atoms in total. The summed E-state index contributed by atoms with van der Waals surface area (Å²) in [4.78, 5) is 57.7. The van der Waals surface area contributed by atoms with Crippen LogP contribution in [0.25, 0.3) is 0 Å². The molecular weight excluding hydrogens is 382 g/mol. The number of rotatable bonds is 7. The molecule has 2 rings (SSSR count). The van der Waals surface area contributed by atoms with Gasteiger partial charge in [-0.15, -0.1) is 0 Å². The Hall–Kier alpha value is -4.08. The molecule has 29 heavy (non-hydrogen) atoms. The number of nitrogens with one attached hydrogen (secondary N) is 2. The Labute approximate surface area is 165 Å². The summed E-state index contributed by atoms with van der Waals surface area (Å²) in [5.41, 5.74) is -0.0116. The Kier molecular flexibility index (Phi) is 7.13. The van der Waals surface area contributed by atoms with Crippen molar-refractivity contribution >= 4 is 29.4 Å². The lowest BCUT2D eigenvalue weighted by Crippen LogP contribution is -2.41. The SMILES string of the molecule is C[C@H](NC(=O)c1cccc([N+](=O)[O-])c1)C(=O)OCC(=O)NC(=O)c1ccccc1. The third-order valence-corrected chi connectivity index (χ3v) is 3.65. The van der Waals surface area contributed by atoms with Gasteiger partial charge in [-0.1, -0.05) is 24.3 Å². The number of carbonyl (C=O) groups excluding carboxylic acids is 4. The Balaban J connectivity index is 1.83. The monoisotopic (exact) mass is 399 g/mol. The van der Waals surface area contributed by atoms with Gasteiger partial charge in [-0.25, -0.2) is 4.79 Å². The van der Waals surface area contributed by atoms with E-state index in [4.69, 9.17) is 4.74 Å². The van der Waals surface area contributed by atoms with Crippen molar-refractivity contribution in [2.24, 2.45) is 0 Å². The second-order valence-electron chi connectivity index (χ2n) is 5.85. The van der Waals surface area contributed by atoms with E-state index in [9.17, 15) is 29.3 Å². The quantitative estimate of drug-likeness (QED) is 0.404. The number of imide groups is 1. The fraction of sp³-hybridized carbons (Fsp3) is 0.158. The van der Waals surface area contributed by atoms with E-state index in [1.807, 2.05) is 0 Å². The van der Waals surface area contributed by atoms with Gasteiger partial charge in [0.05, 0.1) is 4.92 Å². The van der Waals surface area contributed by atoms with Crippen LogP contribution >= 0.6 is 0 Å². The van der Waals surface area contributed by atoms with E-state index in [1.165, 1.54) is 37.3 Å². The highest BCUT2D eigenvalue weighted by Crippen LogP contribution is 2.13. The zero-order valence-corrected chi connectivity index (χ0v) is 15.3. The molecule has 0 unspecified atom stereocenters. The number of non-ortho nitro benzene ring substituents is 1. The molecule has 0 aliphatic carbocycles. The van der Waals surface area contributed by atoms with Crippen LogP contribution in [0.1, 0.15) is 27.6 Å². The van der Waals surface area contributed by atoms with Crippen LogP contribution in [0.15, 0.2) is 54.6 Å². The van der Waals surface area contributed by atoms with Crippen molar-refractivity contribution in [3.8, 4) is 0 Å². The van der Waals surface area contributed by atoms with Gasteiger partial charge < -0.3 is 10.1 Å². The number of hydrogen-bond donors (Lipinski definition) is 2. The number of esters is 1. The maximum Gasteiger partial charge on any atom is 0.328 e. The maximum absolute atomic E-state index is 12.1. The number of ether oxygens (including phenoxy) is 1. The third-order valence-electron chi connectivity index (χ3n) is 3.65. The highest BCUT2D eigenvalue weighted by molar-refractivity contribution is 6.05. The summed E-state index contributed by atoms with van der Waals surface area (Å²) < 4.78 is 4.77. The molecule has 0 bridgehead atoms. The minimum absolute atomic E-state index is 0.00921. The van der Waals surface area contributed by atoms with E-state index >= 15 is 0 Å². The van der Waals surface area contributed by atoms with Crippen LogP contribution in [0, 0.1) is 10.1 Å². The Bertz CT molecular complexity index is 944. The molecule has 2 N–H and O–H groups in total. The fourth-order valence-electron chi connectivity index (χ4n) is 2.19. The van der Waals surface area contributed by atoms with Gasteiger partial charge in [-0.05, 0) is 25.1 Å². The highest BCUT2D eigenvalue weighted by atomic mass is 16.6. The minimum atomic E-state index is -1.13. The van der Waals surface area contributed by atoms with E-state index in [-0.39, 0.29) is 16.8 Å². The molecule has 0 aromatic heterocycles. The van der Waals surface area contributed by atoms with Crippen molar-refractivity contribution in [3.63, 3.8) is 0 Å². The van der Waals surface area contributed by atoms with Crippen LogP contribution in [-0.4, -0.2) is 41.3 Å². The van der Waals surface area contributed by atoms with Crippen molar-refractivity contribution in [2.45, 2.75) is 13.0 Å². The second-order valence-corrected chi connectivity index (χ2v) is 5.85. The summed E-state index contributed by atoms with van der Waals surface area (Å²) in [6, 6.07) is 11.9. The number of carbonyl (C=O) groups is 4. The van der Waals surface area contributed by atoms with Gasteiger partial charge in [0.1, 0.15) is 6.04 Å². The highest BCUT2D eigenvalue weighted by Gasteiger charge is 2.20. The predicted molar refractivity (Wildman–Crippen MR) is 99.9 cm³/mol. The van der Waals surface area contributed by atoms with Gasteiger partial charge in [-0.3, -0.25) is 29.8 Å². The zero-order valence-electron chi connectivity index (χ0n) is 15.3. The predicted octanol–water partition coefficient (Wildman–Crippen LogP) is 1.21. The average molecular weight is 399 g/mol. The Morgan fingerprint density at radius 2 is 1.66 bits per heavy atom. The Morgan fingerprint density at radius 1 is 1.00 bits per heavy atom. The lowest BCUT2D eigenvalue weighted by Gasteiger charge is -2.13. The number of benzene rings is 2. The van der Waals surface area contributed by atoms with Crippen LogP contribution in [0.2, 0.25) is 0 Å². The molecular formula is C19H17N3O7. The van der Waals surface area contributed by atoms with Gasteiger partial charge in [-0.2, -0.15) is 0 Å². The van der Waals surface area contributed by atoms with E-state index in [1.54, 1.807) is 18.2 Å². The third kappa shape index (κ3) is 6.24. The summed E-state index contributed by atoms with van der Waals surface area (Å²) in [6.07, 6.45) is 0. The molecule has 1 atom stereocenters. The van der Waals surface area contributed by atoms with Crippen molar-refractivity contribution in [3.05, 3.63) is 75.8 Å². The maximum atomic E-state index is 12.1. The van der Waals surface area contributed by atoms with Crippen LogP contribution in [-0.2, 0) is 14.3 Å². The number of nitro groups is 1. The first kappa shape index (κ1) is 21.2. The molecule has 0 fully saturated rings. The van der Waals surface area contributed by atoms with E-state index in [0.29, 0.717) is 0 Å². The number of nitro benzene ring substituents is 1. The standard InChI is InChI=1S/C19H17N3O7/c1-12(20-18(25)14-8-5-9-15(10-14)22(27)28)19(26)29-11-16(23)21-17(24)13-6-3-2-4-7-13/h2-10,12H,11H2,1H3,(H,20,25)(H,21,23,24)/t12-/m0/s1. The van der Waals surface area contributed by atoms with Crippen molar-refractivity contribution < 1.29 is 28.8 Å². The normalized spacial score (nSPS) is 11.1. The van der Waals surface area contributed by atoms with Gasteiger partial charge in [0.25, 0.3) is 23.4 Å². The summed E-state index contributed by atoms with van der Waals surface area (Å²) in [5.74, 6) is -3.10. The van der Waals surface area contributed by atoms with Gasteiger partial charge >= 0.3 is 5.97 Å². The molecule has 0 radical (unpaired) electrons. The van der Waals surface area contributed by atoms with Crippen LogP contribution in [0.4, 0.5) is 5.69 Å². The first-order valence-electron chi connectivity index (χ1n) is 8.39. The molecule has 0 aliphatic heterocycles. The fourth-order valence-corrected chi connectivity index (χ4v) is 2.19. The second kappa shape index (κ2) is 9.74. The van der Waals surface area contributed by atoms with Gasteiger partial charge in [0.15, 0.2) is 6.61 Å². The molecule has 0 heterocycles.